The maximum absolute atomic E-state index is 4.58. The molecule has 2 saturated heterocycles. The highest BCUT2D eigenvalue weighted by Gasteiger charge is 2.36. The van der Waals surface area contributed by atoms with Crippen molar-refractivity contribution in [3.8, 4) is 0 Å². The first-order chi connectivity index (χ1) is 14.7. The summed E-state index contributed by atoms with van der Waals surface area (Å²) < 4.78 is 0. The zero-order valence-electron chi connectivity index (χ0n) is 18.4. The van der Waals surface area contributed by atoms with E-state index < -0.39 is 0 Å². The van der Waals surface area contributed by atoms with E-state index in [1.165, 1.54) is 36.9 Å². The summed E-state index contributed by atoms with van der Waals surface area (Å²) in [6.07, 6.45) is 6.80. The molecular formula is C25H35N5. The van der Waals surface area contributed by atoms with Crippen molar-refractivity contribution in [1.29, 1.82) is 0 Å². The number of fused-ring (bicyclic) bond motifs is 1. The Morgan fingerprint density at radius 2 is 1.97 bits per heavy atom. The Morgan fingerprint density at radius 1 is 1.10 bits per heavy atom. The average molecular weight is 406 g/mol. The molecular weight excluding hydrogens is 370 g/mol. The number of benzene rings is 1. The molecule has 0 spiro atoms. The van der Waals surface area contributed by atoms with E-state index in [0.717, 1.165) is 50.2 Å². The number of aromatic nitrogens is 1. The number of piperidine rings is 2. The molecule has 4 rings (SSSR count). The first-order valence-corrected chi connectivity index (χ1v) is 11.4. The van der Waals surface area contributed by atoms with Crippen LogP contribution in [0.5, 0.6) is 0 Å². The van der Waals surface area contributed by atoms with E-state index in [4.69, 9.17) is 0 Å². The van der Waals surface area contributed by atoms with E-state index in [1.807, 2.05) is 20.2 Å². The van der Waals surface area contributed by atoms with Crippen molar-refractivity contribution in [3.05, 3.63) is 65.5 Å². The summed E-state index contributed by atoms with van der Waals surface area (Å²) in [7, 11) is 1.91. The molecule has 0 bridgehead atoms. The summed E-state index contributed by atoms with van der Waals surface area (Å²) >= 11 is 0. The summed E-state index contributed by atoms with van der Waals surface area (Å²) in [4.78, 5) is 14.2. The molecule has 2 aliphatic rings. The molecule has 2 aliphatic heterocycles. The molecule has 2 fully saturated rings. The Morgan fingerprint density at radius 3 is 2.73 bits per heavy atom. The fraction of sp³-hybridized carbons (Fsp3) is 0.520. The lowest BCUT2D eigenvalue weighted by Gasteiger charge is -2.48. The van der Waals surface area contributed by atoms with Crippen molar-refractivity contribution in [2.45, 2.75) is 45.2 Å². The van der Waals surface area contributed by atoms with Gasteiger partial charge in [0.1, 0.15) is 0 Å². The minimum absolute atomic E-state index is 0.701. The second-order valence-corrected chi connectivity index (χ2v) is 8.69. The molecule has 2 aromatic rings. The molecule has 160 valence electrons. The van der Waals surface area contributed by atoms with E-state index in [1.54, 1.807) is 0 Å². The molecule has 3 heterocycles. The number of aryl methyl sites for hydroxylation is 1. The van der Waals surface area contributed by atoms with Crippen molar-refractivity contribution >= 4 is 5.96 Å². The Bertz CT molecular complexity index is 817. The van der Waals surface area contributed by atoms with Gasteiger partial charge < -0.3 is 10.2 Å². The van der Waals surface area contributed by atoms with Crippen LogP contribution in [0.2, 0.25) is 0 Å². The van der Waals surface area contributed by atoms with Gasteiger partial charge in [0.15, 0.2) is 5.96 Å². The third-order valence-electron chi connectivity index (χ3n) is 6.59. The molecule has 1 aromatic heterocycles. The molecule has 1 N–H and O–H groups in total. The van der Waals surface area contributed by atoms with Gasteiger partial charge in [0.05, 0.1) is 0 Å². The number of hydrogen-bond acceptors (Lipinski definition) is 3. The van der Waals surface area contributed by atoms with Crippen molar-refractivity contribution in [2.75, 3.05) is 33.2 Å². The van der Waals surface area contributed by atoms with Crippen molar-refractivity contribution in [2.24, 2.45) is 10.9 Å². The molecule has 1 aromatic carbocycles. The second-order valence-electron chi connectivity index (χ2n) is 8.69. The zero-order chi connectivity index (χ0) is 20.8. The lowest BCUT2D eigenvalue weighted by molar-refractivity contribution is 0.0373. The Kier molecular flexibility index (Phi) is 7.00. The monoisotopic (exact) mass is 405 g/mol. The number of likely N-dealkylation sites (tertiary alicyclic amines) is 2. The van der Waals surface area contributed by atoms with Crippen molar-refractivity contribution < 1.29 is 0 Å². The fourth-order valence-electron chi connectivity index (χ4n) is 5.01. The highest BCUT2D eigenvalue weighted by molar-refractivity contribution is 5.80. The quantitative estimate of drug-likeness (QED) is 0.611. The number of pyridine rings is 1. The van der Waals surface area contributed by atoms with Crippen molar-refractivity contribution in [1.82, 2.24) is 20.1 Å². The van der Waals surface area contributed by atoms with Crippen LogP contribution in [0.15, 0.2) is 53.7 Å². The molecule has 30 heavy (non-hydrogen) atoms. The molecule has 2 atom stereocenters. The van der Waals surface area contributed by atoms with Gasteiger partial charge in [0.2, 0.25) is 0 Å². The Balaban J connectivity index is 1.30. The van der Waals surface area contributed by atoms with Crippen LogP contribution < -0.4 is 5.32 Å². The van der Waals surface area contributed by atoms with E-state index in [9.17, 15) is 0 Å². The lowest BCUT2D eigenvalue weighted by atomic mass is 9.83. The highest BCUT2D eigenvalue weighted by Crippen LogP contribution is 2.31. The molecule has 0 aliphatic carbocycles. The molecule has 0 saturated carbocycles. The van der Waals surface area contributed by atoms with Gasteiger partial charge in [-0.2, -0.15) is 0 Å². The van der Waals surface area contributed by atoms with E-state index >= 15 is 0 Å². The first kappa shape index (κ1) is 20.9. The van der Waals surface area contributed by atoms with Gasteiger partial charge in [0.25, 0.3) is 0 Å². The minimum atomic E-state index is 0.701. The largest absolute Gasteiger partial charge is 0.356 e. The Labute approximate surface area is 181 Å². The number of aliphatic imine (C=N–C) groups is 1. The third-order valence-corrected chi connectivity index (χ3v) is 6.59. The standard InChI is InChI=1S/C25H35N5/c1-20-10-11-21(17-28-20)12-14-27-25(26-2)30-16-13-24-23(19-30)9-6-15-29(24)18-22-7-4-3-5-8-22/h3-5,7-8,10-11,17,23-24H,6,9,12-16,18-19H2,1-2H3,(H,26,27). The van der Waals surface area contributed by atoms with Crippen LogP contribution in [-0.2, 0) is 13.0 Å². The fourth-order valence-corrected chi connectivity index (χ4v) is 5.01. The van der Waals surface area contributed by atoms with Gasteiger partial charge in [-0.25, -0.2) is 0 Å². The predicted molar refractivity (Wildman–Crippen MR) is 124 cm³/mol. The summed E-state index contributed by atoms with van der Waals surface area (Å²) in [6.45, 7) is 7.43. The number of rotatable bonds is 5. The van der Waals surface area contributed by atoms with Crippen LogP contribution in [0.1, 0.15) is 36.1 Å². The third kappa shape index (κ3) is 5.20. The highest BCUT2D eigenvalue weighted by atomic mass is 15.3. The normalized spacial score (nSPS) is 22.6. The first-order valence-electron chi connectivity index (χ1n) is 11.4. The average Bonchev–Trinajstić information content (AvgIpc) is 2.78. The molecule has 5 nitrogen and oxygen atoms in total. The second kappa shape index (κ2) is 10.1. The SMILES string of the molecule is CN=C(NCCc1ccc(C)nc1)N1CCC2C(CCCN2Cc2ccccc2)C1. The zero-order valence-corrected chi connectivity index (χ0v) is 18.4. The topological polar surface area (TPSA) is 43.8 Å². The van der Waals surface area contributed by atoms with Crippen LogP contribution >= 0.6 is 0 Å². The number of nitrogens with zero attached hydrogens (tertiary/aromatic N) is 4. The summed E-state index contributed by atoms with van der Waals surface area (Å²) in [6, 6.07) is 15.9. The molecule has 2 unspecified atom stereocenters. The van der Waals surface area contributed by atoms with Crippen LogP contribution in [-0.4, -0.2) is 60.0 Å². The molecule has 0 amide bonds. The van der Waals surface area contributed by atoms with Crippen LogP contribution in [0.25, 0.3) is 0 Å². The van der Waals surface area contributed by atoms with Gasteiger partial charge in [-0.1, -0.05) is 36.4 Å². The minimum Gasteiger partial charge on any atom is -0.356 e. The number of hydrogen-bond donors (Lipinski definition) is 1. The molecule has 5 heteroatoms. The van der Waals surface area contributed by atoms with Gasteiger partial charge >= 0.3 is 0 Å². The number of guanidine groups is 1. The summed E-state index contributed by atoms with van der Waals surface area (Å²) in [5.74, 6) is 1.78. The van der Waals surface area contributed by atoms with Crippen LogP contribution in [0.3, 0.4) is 0 Å². The molecule has 0 radical (unpaired) electrons. The van der Waals surface area contributed by atoms with Crippen molar-refractivity contribution in [3.63, 3.8) is 0 Å². The van der Waals surface area contributed by atoms with Gasteiger partial charge in [-0.3, -0.25) is 14.9 Å². The Hall–Kier alpha value is -2.40. The summed E-state index contributed by atoms with van der Waals surface area (Å²) in [5, 5.41) is 3.58. The lowest BCUT2D eigenvalue weighted by Crippen LogP contribution is -2.56. The summed E-state index contributed by atoms with van der Waals surface area (Å²) in [5.41, 5.74) is 3.77. The van der Waals surface area contributed by atoms with Gasteiger partial charge in [-0.15, -0.1) is 0 Å². The van der Waals surface area contributed by atoms with Gasteiger partial charge in [0, 0.05) is 51.2 Å². The van der Waals surface area contributed by atoms with Crippen LogP contribution in [0, 0.1) is 12.8 Å². The smallest absolute Gasteiger partial charge is 0.193 e. The maximum Gasteiger partial charge on any atom is 0.193 e. The number of nitrogens with one attached hydrogen (secondary N) is 1. The van der Waals surface area contributed by atoms with E-state index in [0.29, 0.717) is 6.04 Å². The van der Waals surface area contributed by atoms with E-state index in [-0.39, 0.29) is 0 Å². The maximum atomic E-state index is 4.58. The van der Waals surface area contributed by atoms with Gasteiger partial charge in [-0.05, 0) is 62.3 Å². The van der Waals surface area contributed by atoms with Crippen LogP contribution in [0.4, 0.5) is 0 Å². The predicted octanol–water partition coefficient (Wildman–Crippen LogP) is 3.49. The van der Waals surface area contributed by atoms with E-state index in [2.05, 4.69) is 67.6 Å².